The monoisotopic (exact) mass is 255 g/mol. The van der Waals surface area contributed by atoms with Crippen molar-refractivity contribution in [2.75, 3.05) is 13.2 Å². The van der Waals surface area contributed by atoms with Gasteiger partial charge in [-0.05, 0) is 38.5 Å². The lowest BCUT2D eigenvalue weighted by atomic mass is 9.74. The van der Waals surface area contributed by atoms with Crippen molar-refractivity contribution in [2.45, 2.75) is 63.5 Å². The summed E-state index contributed by atoms with van der Waals surface area (Å²) in [5, 5.41) is 0. The van der Waals surface area contributed by atoms with Gasteiger partial charge >= 0.3 is 5.97 Å². The van der Waals surface area contributed by atoms with Crippen molar-refractivity contribution in [1.29, 1.82) is 0 Å². The molecule has 1 aliphatic carbocycles. The molecule has 1 aliphatic heterocycles. The molecule has 2 N–H and O–H groups in total. The van der Waals surface area contributed by atoms with Crippen LogP contribution in [0.1, 0.15) is 51.9 Å². The minimum absolute atomic E-state index is 0.00524. The molecule has 1 saturated carbocycles. The van der Waals surface area contributed by atoms with Crippen LogP contribution in [0.25, 0.3) is 0 Å². The van der Waals surface area contributed by atoms with Crippen LogP contribution in [-0.4, -0.2) is 30.8 Å². The van der Waals surface area contributed by atoms with E-state index < -0.39 is 6.04 Å². The van der Waals surface area contributed by atoms with Crippen molar-refractivity contribution in [1.82, 2.24) is 0 Å². The second-order valence-corrected chi connectivity index (χ2v) is 5.62. The van der Waals surface area contributed by atoms with E-state index in [-0.39, 0.29) is 17.5 Å². The van der Waals surface area contributed by atoms with Crippen molar-refractivity contribution in [3.8, 4) is 0 Å². The van der Waals surface area contributed by atoms with E-state index in [1.54, 1.807) is 0 Å². The fraction of sp³-hybridized carbons (Fsp3) is 0.929. The summed E-state index contributed by atoms with van der Waals surface area (Å²) >= 11 is 0. The zero-order chi connectivity index (χ0) is 13.0. The summed E-state index contributed by atoms with van der Waals surface area (Å²) < 4.78 is 11.0. The van der Waals surface area contributed by atoms with E-state index in [1.807, 2.05) is 6.92 Å². The van der Waals surface area contributed by atoms with Crippen molar-refractivity contribution >= 4 is 5.97 Å². The predicted octanol–water partition coefficient (Wildman–Crippen LogP) is 2.01. The van der Waals surface area contributed by atoms with Crippen LogP contribution in [0.3, 0.4) is 0 Å². The number of rotatable bonds is 3. The van der Waals surface area contributed by atoms with E-state index in [0.29, 0.717) is 6.61 Å². The molecule has 2 fully saturated rings. The van der Waals surface area contributed by atoms with Gasteiger partial charge in [-0.1, -0.05) is 19.3 Å². The molecular formula is C14H25NO3. The molecule has 0 bridgehead atoms. The molecule has 2 unspecified atom stereocenters. The molecule has 4 heteroatoms. The topological polar surface area (TPSA) is 61.5 Å². The smallest absolute Gasteiger partial charge is 0.323 e. The Bertz CT molecular complexity index is 281. The maximum Gasteiger partial charge on any atom is 0.323 e. The number of nitrogens with two attached hydrogens (primary N) is 1. The molecule has 0 aromatic rings. The lowest BCUT2D eigenvalue weighted by molar-refractivity contribution is -0.152. The van der Waals surface area contributed by atoms with Gasteiger partial charge in [0.2, 0.25) is 0 Å². The fourth-order valence-electron chi connectivity index (χ4n) is 3.35. The zero-order valence-electron chi connectivity index (χ0n) is 11.3. The van der Waals surface area contributed by atoms with Gasteiger partial charge in [0.05, 0.1) is 12.2 Å². The summed E-state index contributed by atoms with van der Waals surface area (Å²) in [6.07, 6.45) is 7.83. The summed E-state index contributed by atoms with van der Waals surface area (Å²) in [7, 11) is 0. The van der Waals surface area contributed by atoms with Crippen molar-refractivity contribution < 1.29 is 14.3 Å². The van der Waals surface area contributed by atoms with E-state index in [4.69, 9.17) is 15.2 Å². The van der Waals surface area contributed by atoms with E-state index in [1.165, 1.54) is 19.3 Å². The molecule has 4 nitrogen and oxygen atoms in total. The minimum Gasteiger partial charge on any atom is -0.465 e. The standard InChI is InChI=1S/C14H25NO3/c1-2-17-13(16)12(15)11-6-9-18-14(10-11)7-4-3-5-8-14/h11-12H,2-10,15H2,1H3. The Morgan fingerprint density at radius 3 is 2.83 bits per heavy atom. The Morgan fingerprint density at radius 2 is 2.17 bits per heavy atom. The van der Waals surface area contributed by atoms with Gasteiger partial charge in [-0.3, -0.25) is 4.79 Å². The first-order chi connectivity index (χ1) is 8.67. The third-order valence-corrected chi connectivity index (χ3v) is 4.36. The van der Waals surface area contributed by atoms with Gasteiger partial charge in [-0.2, -0.15) is 0 Å². The Labute approximate surface area is 109 Å². The number of hydrogen-bond acceptors (Lipinski definition) is 4. The maximum atomic E-state index is 11.7. The largest absolute Gasteiger partial charge is 0.465 e. The zero-order valence-corrected chi connectivity index (χ0v) is 11.3. The molecule has 1 heterocycles. The Kier molecular flexibility index (Phi) is 4.62. The normalized spacial score (nSPS) is 28.9. The van der Waals surface area contributed by atoms with E-state index in [9.17, 15) is 4.79 Å². The second-order valence-electron chi connectivity index (χ2n) is 5.62. The molecule has 1 saturated heterocycles. The van der Waals surface area contributed by atoms with Crippen molar-refractivity contribution in [2.24, 2.45) is 11.7 Å². The number of hydrogen-bond donors (Lipinski definition) is 1. The molecule has 18 heavy (non-hydrogen) atoms. The molecule has 104 valence electrons. The molecule has 2 aliphatic rings. The Hall–Kier alpha value is -0.610. The maximum absolute atomic E-state index is 11.7. The molecule has 2 atom stereocenters. The molecule has 0 radical (unpaired) electrons. The molecule has 2 rings (SSSR count). The highest BCUT2D eigenvalue weighted by Crippen LogP contribution is 2.41. The number of carbonyl (C=O) groups is 1. The average Bonchev–Trinajstić information content (AvgIpc) is 2.39. The predicted molar refractivity (Wildman–Crippen MR) is 69.1 cm³/mol. The van der Waals surface area contributed by atoms with Crippen LogP contribution >= 0.6 is 0 Å². The molecule has 1 spiro atoms. The van der Waals surface area contributed by atoms with Gasteiger partial charge in [0.25, 0.3) is 0 Å². The first kappa shape index (κ1) is 13.8. The Balaban J connectivity index is 1.95. The summed E-state index contributed by atoms with van der Waals surface area (Å²) in [5.74, 6) is -0.0359. The van der Waals surface area contributed by atoms with Crippen molar-refractivity contribution in [3.63, 3.8) is 0 Å². The van der Waals surface area contributed by atoms with Gasteiger partial charge < -0.3 is 15.2 Å². The van der Waals surface area contributed by atoms with E-state index in [2.05, 4.69) is 0 Å². The third-order valence-electron chi connectivity index (χ3n) is 4.36. The van der Waals surface area contributed by atoms with Crippen molar-refractivity contribution in [3.05, 3.63) is 0 Å². The average molecular weight is 255 g/mol. The molecular weight excluding hydrogens is 230 g/mol. The Morgan fingerprint density at radius 1 is 1.44 bits per heavy atom. The molecule has 0 aromatic heterocycles. The lowest BCUT2D eigenvalue weighted by Gasteiger charge is -2.44. The highest BCUT2D eigenvalue weighted by molar-refractivity contribution is 5.75. The quantitative estimate of drug-likeness (QED) is 0.784. The van der Waals surface area contributed by atoms with Gasteiger partial charge in [0.15, 0.2) is 0 Å². The van der Waals surface area contributed by atoms with Crippen LogP contribution < -0.4 is 5.73 Å². The van der Waals surface area contributed by atoms with Crippen LogP contribution in [-0.2, 0) is 14.3 Å². The SMILES string of the molecule is CCOC(=O)C(N)C1CCOC2(CCCCC2)C1. The summed E-state index contributed by atoms with van der Waals surface area (Å²) in [4.78, 5) is 11.7. The van der Waals surface area contributed by atoms with E-state index >= 15 is 0 Å². The fourth-order valence-corrected chi connectivity index (χ4v) is 3.35. The van der Waals surface area contributed by atoms with Gasteiger partial charge in [0, 0.05) is 6.61 Å². The minimum atomic E-state index is -0.479. The van der Waals surface area contributed by atoms with Crippen LogP contribution in [0.5, 0.6) is 0 Å². The number of ether oxygens (including phenoxy) is 2. The summed E-state index contributed by atoms with van der Waals surface area (Å²) in [6, 6.07) is -0.479. The molecule has 0 amide bonds. The third kappa shape index (κ3) is 3.04. The first-order valence-electron chi connectivity index (χ1n) is 7.23. The van der Waals surface area contributed by atoms with Crippen LogP contribution in [0, 0.1) is 5.92 Å². The van der Waals surface area contributed by atoms with Gasteiger partial charge in [-0.25, -0.2) is 0 Å². The summed E-state index contributed by atoms with van der Waals surface area (Å²) in [6.45, 7) is 2.95. The van der Waals surface area contributed by atoms with E-state index in [0.717, 1.165) is 32.3 Å². The van der Waals surface area contributed by atoms with Gasteiger partial charge in [0.1, 0.15) is 6.04 Å². The number of esters is 1. The van der Waals surface area contributed by atoms with Gasteiger partial charge in [-0.15, -0.1) is 0 Å². The lowest BCUT2D eigenvalue weighted by Crippen LogP contribution is -2.49. The summed E-state index contributed by atoms with van der Waals surface area (Å²) in [5.41, 5.74) is 6.04. The van der Waals surface area contributed by atoms with Crippen LogP contribution in [0.4, 0.5) is 0 Å². The van der Waals surface area contributed by atoms with Crippen LogP contribution in [0.15, 0.2) is 0 Å². The first-order valence-corrected chi connectivity index (χ1v) is 7.23. The second kappa shape index (κ2) is 6.02. The number of carbonyl (C=O) groups excluding carboxylic acids is 1. The van der Waals surface area contributed by atoms with Crippen LogP contribution in [0.2, 0.25) is 0 Å². The molecule has 0 aromatic carbocycles. The highest BCUT2D eigenvalue weighted by Gasteiger charge is 2.41. The highest BCUT2D eigenvalue weighted by atomic mass is 16.5.